The van der Waals surface area contributed by atoms with Gasteiger partial charge in [0, 0.05) is 16.0 Å². The van der Waals surface area contributed by atoms with Crippen molar-refractivity contribution in [2.24, 2.45) is 0 Å². The summed E-state index contributed by atoms with van der Waals surface area (Å²) < 4.78 is 5.27. The minimum Gasteiger partial charge on any atom is -0.461 e. The highest BCUT2D eigenvalue weighted by atomic mass is 35.5. The van der Waals surface area contributed by atoms with Gasteiger partial charge in [0.2, 0.25) is 0 Å². The molecule has 128 valence electrons. The van der Waals surface area contributed by atoms with E-state index >= 15 is 0 Å². The molecule has 3 aromatic rings. The first-order valence-corrected chi connectivity index (χ1v) is 8.76. The lowest BCUT2D eigenvalue weighted by Gasteiger charge is -2.19. The van der Waals surface area contributed by atoms with Gasteiger partial charge in [-0.15, -0.1) is 0 Å². The molecule has 0 fully saturated rings. The van der Waals surface area contributed by atoms with Crippen LogP contribution in [0.2, 0.25) is 5.02 Å². The fourth-order valence-corrected chi connectivity index (χ4v) is 3.28. The molecule has 0 saturated heterocycles. The number of nitrogens with zero attached hydrogens (tertiary/aromatic N) is 1. The van der Waals surface area contributed by atoms with Crippen molar-refractivity contribution in [1.82, 2.24) is 4.98 Å². The van der Waals surface area contributed by atoms with Crippen LogP contribution < -0.4 is 0 Å². The second-order valence-corrected chi connectivity index (χ2v) is 6.59. The molecule has 0 aliphatic rings. The second kappa shape index (κ2) is 7.24. The third-order valence-electron chi connectivity index (χ3n) is 4.10. The van der Waals surface area contributed by atoms with Gasteiger partial charge in [0.1, 0.15) is 0 Å². The summed E-state index contributed by atoms with van der Waals surface area (Å²) in [4.78, 5) is 17.2. The van der Waals surface area contributed by atoms with E-state index in [0.29, 0.717) is 17.3 Å². The van der Waals surface area contributed by atoms with Crippen molar-refractivity contribution in [2.45, 2.75) is 26.7 Å². The van der Waals surface area contributed by atoms with Crippen LogP contribution in [0.15, 0.2) is 48.5 Å². The Morgan fingerprint density at radius 2 is 1.88 bits per heavy atom. The zero-order chi connectivity index (χ0) is 18.0. The van der Waals surface area contributed by atoms with E-state index in [1.807, 2.05) is 42.5 Å². The molecule has 1 aromatic heterocycles. The Morgan fingerprint density at radius 3 is 2.52 bits per heavy atom. The van der Waals surface area contributed by atoms with Crippen LogP contribution in [0, 0.1) is 0 Å². The van der Waals surface area contributed by atoms with Crippen LogP contribution in [0.4, 0.5) is 0 Å². The number of rotatable bonds is 4. The molecule has 0 saturated carbocycles. The SMILES string of the molecule is CCOC(=O)c1nc2ccc(Cl)cc2c(C(C)C)c1-c1ccccc1. The molecular formula is C21H20ClNO2. The van der Waals surface area contributed by atoms with Crippen LogP contribution in [-0.2, 0) is 4.74 Å². The Morgan fingerprint density at radius 1 is 1.16 bits per heavy atom. The van der Waals surface area contributed by atoms with E-state index in [9.17, 15) is 4.79 Å². The Kier molecular flexibility index (Phi) is 5.05. The van der Waals surface area contributed by atoms with Gasteiger partial charge in [-0.2, -0.15) is 0 Å². The third-order valence-corrected chi connectivity index (χ3v) is 4.33. The first-order valence-electron chi connectivity index (χ1n) is 8.38. The normalized spacial score (nSPS) is 11.1. The predicted molar refractivity (Wildman–Crippen MR) is 102 cm³/mol. The maximum absolute atomic E-state index is 12.6. The van der Waals surface area contributed by atoms with Crippen molar-refractivity contribution in [3.05, 3.63) is 64.8 Å². The molecule has 4 heteroatoms. The summed E-state index contributed by atoms with van der Waals surface area (Å²) in [6, 6.07) is 15.4. The molecular weight excluding hydrogens is 334 g/mol. The highest BCUT2D eigenvalue weighted by Crippen LogP contribution is 2.38. The average Bonchev–Trinajstić information content (AvgIpc) is 2.60. The number of carbonyl (C=O) groups excluding carboxylic acids is 1. The first kappa shape index (κ1) is 17.4. The lowest BCUT2D eigenvalue weighted by atomic mass is 9.88. The van der Waals surface area contributed by atoms with Crippen LogP contribution >= 0.6 is 11.6 Å². The van der Waals surface area contributed by atoms with Crippen LogP contribution in [0.1, 0.15) is 42.7 Å². The fourth-order valence-electron chi connectivity index (χ4n) is 3.10. The van der Waals surface area contributed by atoms with Gasteiger partial charge in [0.05, 0.1) is 12.1 Å². The number of pyridine rings is 1. The third kappa shape index (κ3) is 3.38. The molecule has 3 nitrogen and oxygen atoms in total. The zero-order valence-corrected chi connectivity index (χ0v) is 15.3. The highest BCUT2D eigenvalue weighted by Gasteiger charge is 2.24. The zero-order valence-electron chi connectivity index (χ0n) is 14.5. The van der Waals surface area contributed by atoms with E-state index in [2.05, 4.69) is 18.8 Å². The van der Waals surface area contributed by atoms with Crippen molar-refractivity contribution >= 4 is 28.5 Å². The van der Waals surface area contributed by atoms with Crippen LogP contribution in [0.5, 0.6) is 0 Å². The summed E-state index contributed by atoms with van der Waals surface area (Å²) in [7, 11) is 0. The lowest BCUT2D eigenvalue weighted by molar-refractivity contribution is 0.0521. The van der Waals surface area contributed by atoms with Crippen LogP contribution in [0.25, 0.3) is 22.0 Å². The maximum atomic E-state index is 12.6. The van der Waals surface area contributed by atoms with Crippen molar-refractivity contribution < 1.29 is 9.53 Å². The van der Waals surface area contributed by atoms with E-state index in [1.165, 1.54) is 0 Å². The number of ether oxygens (including phenoxy) is 1. The van der Waals surface area contributed by atoms with Gasteiger partial charge in [-0.3, -0.25) is 0 Å². The van der Waals surface area contributed by atoms with Crippen molar-refractivity contribution in [3.63, 3.8) is 0 Å². The molecule has 0 radical (unpaired) electrons. The van der Waals surface area contributed by atoms with E-state index in [0.717, 1.165) is 27.6 Å². The van der Waals surface area contributed by atoms with Crippen molar-refractivity contribution in [1.29, 1.82) is 0 Å². The molecule has 0 amide bonds. The summed E-state index contributed by atoms with van der Waals surface area (Å²) >= 11 is 6.23. The van der Waals surface area contributed by atoms with E-state index in [4.69, 9.17) is 16.3 Å². The van der Waals surface area contributed by atoms with Crippen molar-refractivity contribution in [2.75, 3.05) is 6.61 Å². The number of aromatic nitrogens is 1. The highest BCUT2D eigenvalue weighted by molar-refractivity contribution is 6.31. The summed E-state index contributed by atoms with van der Waals surface area (Å²) in [6.07, 6.45) is 0. The molecule has 0 atom stereocenters. The van der Waals surface area contributed by atoms with Gasteiger partial charge < -0.3 is 4.74 Å². The number of esters is 1. The molecule has 1 heterocycles. The molecule has 0 aliphatic carbocycles. The summed E-state index contributed by atoms with van der Waals surface area (Å²) in [5.41, 5.74) is 3.93. The minimum atomic E-state index is -0.403. The predicted octanol–water partition coefficient (Wildman–Crippen LogP) is 5.86. The molecule has 0 aliphatic heterocycles. The molecule has 25 heavy (non-hydrogen) atoms. The lowest BCUT2D eigenvalue weighted by Crippen LogP contribution is -2.12. The van der Waals surface area contributed by atoms with E-state index in [-0.39, 0.29) is 5.92 Å². The van der Waals surface area contributed by atoms with Crippen molar-refractivity contribution in [3.8, 4) is 11.1 Å². The maximum Gasteiger partial charge on any atom is 0.357 e. The molecule has 2 aromatic carbocycles. The number of halogens is 1. The second-order valence-electron chi connectivity index (χ2n) is 6.15. The van der Waals surface area contributed by atoms with E-state index in [1.54, 1.807) is 13.0 Å². The van der Waals surface area contributed by atoms with Gasteiger partial charge in [-0.25, -0.2) is 9.78 Å². The average molecular weight is 354 g/mol. The Bertz CT molecular complexity index is 920. The number of benzene rings is 2. The molecule has 0 unspecified atom stereocenters. The molecule has 0 N–H and O–H groups in total. The topological polar surface area (TPSA) is 39.2 Å². The number of fused-ring (bicyclic) bond motifs is 1. The number of hydrogen-bond acceptors (Lipinski definition) is 3. The minimum absolute atomic E-state index is 0.187. The van der Waals surface area contributed by atoms with Crippen LogP contribution in [-0.4, -0.2) is 17.6 Å². The summed E-state index contributed by atoms with van der Waals surface area (Å²) in [5.74, 6) is -0.215. The Hall–Kier alpha value is -2.39. The van der Waals surface area contributed by atoms with Crippen LogP contribution in [0.3, 0.4) is 0 Å². The molecule has 0 bridgehead atoms. The van der Waals surface area contributed by atoms with Gasteiger partial charge in [-0.1, -0.05) is 55.8 Å². The smallest absolute Gasteiger partial charge is 0.357 e. The fraction of sp³-hybridized carbons (Fsp3) is 0.238. The summed E-state index contributed by atoms with van der Waals surface area (Å²) in [5, 5.41) is 1.62. The summed E-state index contributed by atoms with van der Waals surface area (Å²) in [6.45, 7) is 6.32. The standard InChI is InChI=1S/C21H20ClNO2/c1-4-25-21(24)20-19(14-8-6-5-7-9-14)18(13(2)3)16-12-15(22)10-11-17(16)23-20/h5-13H,4H2,1-3H3. The Balaban J connectivity index is 2.44. The van der Waals surface area contributed by atoms with Gasteiger partial charge in [-0.05, 0) is 42.2 Å². The molecule has 3 rings (SSSR count). The quantitative estimate of drug-likeness (QED) is 0.552. The molecule has 0 spiro atoms. The Labute approximate surface area is 152 Å². The number of carbonyl (C=O) groups is 1. The van der Waals surface area contributed by atoms with E-state index < -0.39 is 5.97 Å². The monoisotopic (exact) mass is 353 g/mol. The van der Waals surface area contributed by atoms with Gasteiger partial charge >= 0.3 is 5.97 Å². The van der Waals surface area contributed by atoms with Gasteiger partial charge in [0.15, 0.2) is 5.69 Å². The largest absolute Gasteiger partial charge is 0.461 e. The number of hydrogen-bond donors (Lipinski definition) is 0. The van der Waals surface area contributed by atoms with Gasteiger partial charge in [0.25, 0.3) is 0 Å². The first-order chi connectivity index (χ1) is 12.0.